The number of benzene rings is 1. The summed E-state index contributed by atoms with van der Waals surface area (Å²) in [6, 6.07) is 7.04. The van der Waals surface area contributed by atoms with Crippen molar-refractivity contribution in [1.29, 1.82) is 0 Å². The first-order valence-electron chi connectivity index (χ1n) is 6.87. The molecular weight excluding hydrogens is 316 g/mol. The molecule has 2 aromatic heterocycles. The maximum absolute atomic E-state index is 11.2. The molecule has 1 unspecified atom stereocenters. The minimum absolute atomic E-state index is 0.135. The molecule has 0 spiro atoms. The second-order valence-electron chi connectivity index (χ2n) is 5.06. The van der Waals surface area contributed by atoms with Gasteiger partial charge in [0.25, 0.3) is 0 Å². The molecule has 0 aliphatic rings. The molecule has 0 amide bonds. The fourth-order valence-corrected chi connectivity index (χ4v) is 3.12. The van der Waals surface area contributed by atoms with E-state index in [0.29, 0.717) is 16.5 Å². The summed E-state index contributed by atoms with van der Waals surface area (Å²) in [7, 11) is 0. The molecule has 3 aromatic rings. The number of nitrogens with one attached hydrogen (secondary N) is 1. The number of anilines is 1. The zero-order chi connectivity index (χ0) is 16.6. The molecule has 0 aliphatic carbocycles. The molecule has 0 aliphatic heterocycles. The fourth-order valence-electron chi connectivity index (χ4n) is 2.13. The highest BCUT2D eigenvalue weighted by Crippen LogP contribution is 2.30. The van der Waals surface area contributed by atoms with Crippen molar-refractivity contribution in [2.75, 3.05) is 5.32 Å². The number of thiazole rings is 1. The fraction of sp³-hybridized carbons (Fsp3) is 0.200. The summed E-state index contributed by atoms with van der Waals surface area (Å²) >= 11 is 1.40. The number of aliphatic hydroxyl groups is 1. The summed E-state index contributed by atoms with van der Waals surface area (Å²) in [5.41, 5.74) is 2.56. The van der Waals surface area contributed by atoms with Crippen molar-refractivity contribution in [3.05, 3.63) is 35.5 Å². The number of aliphatic hydroxyl groups excluding tert-OH is 1. The normalized spacial score (nSPS) is 12.3. The molecule has 0 saturated carbocycles. The molecular formula is C15H14N4O3S. The van der Waals surface area contributed by atoms with Crippen LogP contribution >= 0.6 is 11.3 Å². The molecule has 1 atom stereocenters. The maximum atomic E-state index is 11.2. The van der Waals surface area contributed by atoms with Crippen LogP contribution in [0.5, 0.6) is 0 Å². The highest BCUT2D eigenvalue weighted by atomic mass is 32.1. The highest BCUT2D eigenvalue weighted by molar-refractivity contribution is 7.22. The topological polar surface area (TPSA) is 108 Å². The van der Waals surface area contributed by atoms with Crippen LogP contribution in [0.4, 0.5) is 5.13 Å². The number of carboxylic acid groups (broad SMARTS) is 1. The second-order valence-corrected chi connectivity index (χ2v) is 6.09. The molecule has 3 N–H and O–H groups in total. The molecule has 1 aromatic carbocycles. The summed E-state index contributed by atoms with van der Waals surface area (Å²) in [5, 5.41) is 30.0. The number of fused-ring (bicyclic) bond motifs is 1. The summed E-state index contributed by atoms with van der Waals surface area (Å²) in [4.78, 5) is 15.6. The largest absolute Gasteiger partial charge is 0.478 e. The Hall–Kier alpha value is -2.58. The third-order valence-electron chi connectivity index (χ3n) is 3.23. The molecule has 0 saturated heterocycles. The SMILES string of the molecule is Cc1nnc(-c2ccc3nc(NC(C)O)sc3c2)cc1C(=O)O. The lowest BCUT2D eigenvalue weighted by Crippen LogP contribution is -2.12. The van der Waals surface area contributed by atoms with Crippen molar-refractivity contribution in [3.63, 3.8) is 0 Å². The minimum Gasteiger partial charge on any atom is -0.478 e. The Morgan fingerprint density at radius 3 is 2.78 bits per heavy atom. The van der Waals surface area contributed by atoms with Crippen molar-refractivity contribution in [2.45, 2.75) is 20.1 Å². The van der Waals surface area contributed by atoms with E-state index in [4.69, 9.17) is 0 Å². The van der Waals surface area contributed by atoms with Gasteiger partial charge < -0.3 is 15.5 Å². The first-order chi connectivity index (χ1) is 10.9. The standard InChI is InChI=1S/C15H14N4O3S/c1-7-10(14(21)22)6-12(19-18-7)9-3-4-11-13(5-9)23-15(17-11)16-8(2)20/h3-6,8,20H,1-2H3,(H,16,17)(H,21,22). The van der Waals surface area contributed by atoms with Crippen molar-refractivity contribution < 1.29 is 15.0 Å². The first-order valence-corrected chi connectivity index (χ1v) is 7.69. The van der Waals surface area contributed by atoms with Gasteiger partial charge in [0.05, 0.1) is 27.2 Å². The van der Waals surface area contributed by atoms with Crippen LogP contribution in [-0.2, 0) is 0 Å². The van der Waals surface area contributed by atoms with Crippen molar-refractivity contribution in [1.82, 2.24) is 15.2 Å². The van der Waals surface area contributed by atoms with E-state index in [1.165, 1.54) is 17.4 Å². The van der Waals surface area contributed by atoms with Crippen LogP contribution in [0.1, 0.15) is 23.0 Å². The van der Waals surface area contributed by atoms with Gasteiger partial charge in [-0.25, -0.2) is 9.78 Å². The summed E-state index contributed by atoms with van der Waals surface area (Å²) in [6.45, 7) is 3.23. The van der Waals surface area contributed by atoms with Gasteiger partial charge in [-0.3, -0.25) is 0 Å². The number of nitrogens with zero attached hydrogens (tertiary/aromatic N) is 3. The molecule has 118 valence electrons. The average molecular weight is 330 g/mol. The van der Waals surface area contributed by atoms with E-state index in [2.05, 4.69) is 20.5 Å². The van der Waals surface area contributed by atoms with Crippen molar-refractivity contribution in [3.8, 4) is 11.3 Å². The number of aromatic carboxylic acids is 1. The quantitative estimate of drug-likeness (QED) is 0.631. The monoisotopic (exact) mass is 330 g/mol. The summed E-state index contributed by atoms with van der Waals surface area (Å²) < 4.78 is 0.907. The van der Waals surface area contributed by atoms with E-state index >= 15 is 0 Å². The average Bonchev–Trinajstić information content (AvgIpc) is 2.87. The van der Waals surface area contributed by atoms with Gasteiger partial charge in [-0.15, -0.1) is 0 Å². The predicted octanol–water partition coefficient (Wildman–Crippen LogP) is 2.51. The first kappa shape index (κ1) is 15.3. The molecule has 7 nitrogen and oxygen atoms in total. The summed E-state index contributed by atoms with van der Waals surface area (Å²) in [6.07, 6.45) is -0.684. The van der Waals surface area contributed by atoms with Crippen molar-refractivity contribution in [2.24, 2.45) is 0 Å². The lowest BCUT2D eigenvalue weighted by Gasteiger charge is -2.03. The smallest absolute Gasteiger partial charge is 0.337 e. The summed E-state index contributed by atoms with van der Waals surface area (Å²) in [5.74, 6) is -1.03. The zero-order valence-electron chi connectivity index (χ0n) is 12.4. The Morgan fingerprint density at radius 1 is 1.30 bits per heavy atom. The lowest BCUT2D eigenvalue weighted by molar-refractivity contribution is 0.0695. The third-order valence-corrected chi connectivity index (χ3v) is 4.17. The molecule has 0 radical (unpaired) electrons. The van der Waals surface area contributed by atoms with Crippen molar-refractivity contribution >= 4 is 32.7 Å². The zero-order valence-corrected chi connectivity index (χ0v) is 13.3. The molecule has 0 bridgehead atoms. The number of hydrogen-bond donors (Lipinski definition) is 3. The van der Waals surface area contributed by atoms with Gasteiger partial charge in [-0.05, 0) is 32.0 Å². The Bertz CT molecular complexity index is 892. The van der Waals surface area contributed by atoms with Crippen LogP contribution in [-0.4, -0.2) is 37.6 Å². The Balaban J connectivity index is 2.03. The highest BCUT2D eigenvalue weighted by Gasteiger charge is 2.13. The van der Waals surface area contributed by atoms with E-state index in [0.717, 1.165) is 15.8 Å². The van der Waals surface area contributed by atoms with Gasteiger partial charge in [0, 0.05) is 5.56 Å². The molecule has 0 fully saturated rings. The lowest BCUT2D eigenvalue weighted by atomic mass is 10.1. The Labute approximate surface area is 135 Å². The van der Waals surface area contributed by atoms with E-state index in [1.54, 1.807) is 13.8 Å². The van der Waals surface area contributed by atoms with Gasteiger partial charge in [0.15, 0.2) is 5.13 Å². The number of aryl methyl sites for hydroxylation is 1. The van der Waals surface area contributed by atoms with Crippen LogP contribution in [0.3, 0.4) is 0 Å². The molecule has 23 heavy (non-hydrogen) atoms. The van der Waals surface area contributed by atoms with E-state index in [-0.39, 0.29) is 5.56 Å². The van der Waals surface area contributed by atoms with Gasteiger partial charge in [-0.1, -0.05) is 17.4 Å². The van der Waals surface area contributed by atoms with Crippen LogP contribution in [0.15, 0.2) is 24.3 Å². The number of hydrogen-bond acceptors (Lipinski definition) is 7. The van der Waals surface area contributed by atoms with Crippen LogP contribution in [0.2, 0.25) is 0 Å². The van der Waals surface area contributed by atoms with Gasteiger partial charge in [-0.2, -0.15) is 10.2 Å². The number of carboxylic acids is 1. The maximum Gasteiger partial charge on any atom is 0.337 e. The molecule has 8 heteroatoms. The Kier molecular flexibility index (Phi) is 3.93. The van der Waals surface area contributed by atoms with E-state index in [1.807, 2.05) is 18.2 Å². The molecule has 3 rings (SSSR count). The second kappa shape index (κ2) is 5.90. The van der Waals surface area contributed by atoms with E-state index in [9.17, 15) is 15.0 Å². The van der Waals surface area contributed by atoms with Crippen LogP contribution in [0.25, 0.3) is 21.5 Å². The van der Waals surface area contributed by atoms with Crippen LogP contribution in [0, 0.1) is 6.92 Å². The van der Waals surface area contributed by atoms with E-state index < -0.39 is 12.2 Å². The third kappa shape index (κ3) is 3.13. The number of rotatable bonds is 4. The Morgan fingerprint density at radius 2 is 2.09 bits per heavy atom. The molecule has 2 heterocycles. The predicted molar refractivity (Wildman–Crippen MR) is 87.6 cm³/mol. The van der Waals surface area contributed by atoms with Gasteiger partial charge in [0.1, 0.15) is 6.23 Å². The van der Waals surface area contributed by atoms with Gasteiger partial charge >= 0.3 is 5.97 Å². The van der Waals surface area contributed by atoms with Crippen LogP contribution < -0.4 is 5.32 Å². The number of aromatic nitrogens is 3. The van der Waals surface area contributed by atoms with Gasteiger partial charge in [0.2, 0.25) is 0 Å². The minimum atomic E-state index is -1.03. The number of carbonyl (C=O) groups is 1.